The third-order valence-corrected chi connectivity index (χ3v) is 3.12. The van der Waals surface area contributed by atoms with Gasteiger partial charge in [-0.3, -0.25) is 4.79 Å². The first kappa shape index (κ1) is 12.4. The van der Waals surface area contributed by atoms with E-state index in [4.69, 9.17) is 9.15 Å². The molecule has 0 spiro atoms. The van der Waals surface area contributed by atoms with Crippen LogP contribution < -0.4 is 4.74 Å². The van der Waals surface area contributed by atoms with E-state index in [-0.39, 0.29) is 0 Å². The molecule has 2 aromatic heterocycles. The van der Waals surface area contributed by atoms with Gasteiger partial charge in [0.2, 0.25) is 5.88 Å². The molecule has 3 aromatic rings. The zero-order valence-corrected chi connectivity index (χ0v) is 11.0. The zero-order chi connectivity index (χ0) is 13.9. The molecule has 0 amide bonds. The van der Waals surface area contributed by atoms with Crippen molar-refractivity contribution in [1.29, 1.82) is 0 Å². The molecule has 0 saturated carbocycles. The van der Waals surface area contributed by atoms with Crippen LogP contribution in [-0.2, 0) is 6.61 Å². The minimum absolute atomic E-state index is 0.343. The average Bonchev–Trinajstić information content (AvgIpc) is 2.96. The number of aryl methyl sites for hydroxylation is 1. The summed E-state index contributed by atoms with van der Waals surface area (Å²) in [4.78, 5) is 15.6. The minimum Gasteiger partial charge on any atom is -0.472 e. The molecule has 3 rings (SSSR count). The molecule has 0 saturated heterocycles. The molecule has 0 N–H and O–H groups in total. The van der Waals surface area contributed by atoms with Crippen molar-refractivity contribution < 1.29 is 13.9 Å². The van der Waals surface area contributed by atoms with Gasteiger partial charge in [0, 0.05) is 5.39 Å². The number of fused-ring (bicyclic) bond motifs is 1. The van der Waals surface area contributed by atoms with Gasteiger partial charge in [-0.2, -0.15) is 0 Å². The number of hydrogen-bond donors (Lipinski definition) is 0. The van der Waals surface area contributed by atoms with E-state index in [0.717, 1.165) is 17.2 Å². The lowest BCUT2D eigenvalue weighted by atomic mass is 10.1. The quantitative estimate of drug-likeness (QED) is 0.678. The van der Waals surface area contributed by atoms with Crippen molar-refractivity contribution >= 4 is 17.3 Å². The Hall–Kier alpha value is -2.62. The Balaban J connectivity index is 1.96. The SMILES string of the molecule is Cc1nc(OCc2ccccc2)c(C=O)c2ccoc12. The molecular weight excluding hydrogens is 254 g/mol. The minimum atomic E-state index is 0.343. The Labute approximate surface area is 116 Å². The lowest BCUT2D eigenvalue weighted by Gasteiger charge is -2.09. The van der Waals surface area contributed by atoms with Crippen LogP contribution in [0.5, 0.6) is 5.88 Å². The summed E-state index contributed by atoms with van der Waals surface area (Å²) in [6.07, 6.45) is 2.30. The van der Waals surface area contributed by atoms with Gasteiger partial charge in [0.05, 0.1) is 17.5 Å². The van der Waals surface area contributed by atoms with Crippen molar-refractivity contribution in [2.24, 2.45) is 0 Å². The van der Waals surface area contributed by atoms with Gasteiger partial charge in [-0.05, 0) is 18.6 Å². The van der Waals surface area contributed by atoms with Crippen molar-refractivity contribution in [3.05, 3.63) is 59.5 Å². The maximum atomic E-state index is 11.3. The highest BCUT2D eigenvalue weighted by atomic mass is 16.5. The molecule has 0 radical (unpaired) electrons. The van der Waals surface area contributed by atoms with Crippen LogP contribution in [0.15, 0.2) is 47.1 Å². The molecular formula is C16H13NO3. The number of carbonyl (C=O) groups excluding carboxylic acids is 1. The predicted octanol–water partition coefficient (Wildman–Crippen LogP) is 3.53. The lowest BCUT2D eigenvalue weighted by Crippen LogP contribution is -2.02. The van der Waals surface area contributed by atoms with Crippen LogP contribution in [0.3, 0.4) is 0 Å². The van der Waals surface area contributed by atoms with E-state index in [1.54, 1.807) is 12.3 Å². The Morgan fingerprint density at radius 3 is 2.80 bits per heavy atom. The van der Waals surface area contributed by atoms with Crippen LogP contribution in [-0.4, -0.2) is 11.3 Å². The molecule has 0 aliphatic rings. The van der Waals surface area contributed by atoms with E-state index < -0.39 is 0 Å². The summed E-state index contributed by atoms with van der Waals surface area (Å²) < 4.78 is 11.0. The number of rotatable bonds is 4. The maximum absolute atomic E-state index is 11.3. The molecule has 1 aromatic carbocycles. The molecule has 0 bridgehead atoms. The van der Waals surface area contributed by atoms with Gasteiger partial charge in [-0.1, -0.05) is 30.3 Å². The molecule has 4 nitrogen and oxygen atoms in total. The first-order valence-corrected chi connectivity index (χ1v) is 6.29. The van der Waals surface area contributed by atoms with E-state index in [1.807, 2.05) is 37.3 Å². The second kappa shape index (κ2) is 5.17. The third-order valence-electron chi connectivity index (χ3n) is 3.12. The van der Waals surface area contributed by atoms with Gasteiger partial charge in [-0.25, -0.2) is 4.98 Å². The first-order valence-electron chi connectivity index (χ1n) is 6.29. The zero-order valence-electron chi connectivity index (χ0n) is 11.0. The van der Waals surface area contributed by atoms with E-state index in [0.29, 0.717) is 29.3 Å². The summed E-state index contributed by atoms with van der Waals surface area (Å²) in [5, 5.41) is 0.732. The Morgan fingerprint density at radius 1 is 1.25 bits per heavy atom. The molecule has 0 aliphatic carbocycles. The fourth-order valence-corrected chi connectivity index (χ4v) is 2.13. The number of pyridine rings is 1. The topological polar surface area (TPSA) is 52.3 Å². The van der Waals surface area contributed by atoms with Crippen molar-refractivity contribution in [3.63, 3.8) is 0 Å². The first-order chi connectivity index (χ1) is 9.79. The summed E-state index contributed by atoms with van der Waals surface area (Å²) >= 11 is 0. The van der Waals surface area contributed by atoms with Crippen LogP contribution in [0.25, 0.3) is 11.0 Å². The number of hydrogen-bond acceptors (Lipinski definition) is 4. The smallest absolute Gasteiger partial charge is 0.225 e. The van der Waals surface area contributed by atoms with Crippen molar-refractivity contribution in [2.45, 2.75) is 13.5 Å². The van der Waals surface area contributed by atoms with Crippen molar-refractivity contribution in [2.75, 3.05) is 0 Å². The van der Waals surface area contributed by atoms with Crippen molar-refractivity contribution in [3.8, 4) is 5.88 Å². The Morgan fingerprint density at radius 2 is 2.05 bits per heavy atom. The summed E-state index contributed by atoms with van der Waals surface area (Å²) in [5.74, 6) is 0.343. The molecule has 2 heterocycles. The molecule has 4 heteroatoms. The van der Waals surface area contributed by atoms with Gasteiger partial charge >= 0.3 is 0 Å². The number of ether oxygens (including phenoxy) is 1. The highest BCUT2D eigenvalue weighted by molar-refractivity contribution is 5.98. The van der Waals surface area contributed by atoms with Crippen LogP contribution in [0.2, 0.25) is 0 Å². The van der Waals surface area contributed by atoms with E-state index in [1.165, 1.54) is 0 Å². The predicted molar refractivity (Wildman–Crippen MR) is 74.9 cm³/mol. The second-order valence-corrected chi connectivity index (χ2v) is 4.47. The highest BCUT2D eigenvalue weighted by Crippen LogP contribution is 2.28. The normalized spacial score (nSPS) is 10.7. The van der Waals surface area contributed by atoms with Gasteiger partial charge in [0.15, 0.2) is 11.9 Å². The Bertz CT molecular complexity index is 747. The van der Waals surface area contributed by atoms with Crippen LogP contribution >= 0.6 is 0 Å². The molecule has 0 fully saturated rings. The summed E-state index contributed by atoms with van der Waals surface area (Å²) in [5.41, 5.74) is 2.78. The Kier molecular flexibility index (Phi) is 3.21. The molecule has 20 heavy (non-hydrogen) atoms. The fraction of sp³-hybridized carbons (Fsp3) is 0.125. The summed E-state index contributed by atoms with van der Waals surface area (Å²) in [7, 11) is 0. The van der Waals surface area contributed by atoms with Crippen molar-refractivity contribution in [1.82, 2.24) is 4.98 Å². The third kappa shape index (κ3) is 2.16. The number of furan rings is 1. The largest absolute Gasteiger partial charge is 0.472 e. The van der Waals surface area contributed by atoms with Gasteiger partial charge in [0.1, 0.15) is 6.61 Å². The fourth-order valence-electron chi connectivity index (χ4n) is 2.13. The molecule has 0 atom stereocenters. The number of nitrogens with zero attached hydrogens (tertiary/aromatic N) is 1. The van der Waals surface area contributed by atoms with Gasteiger partial charge < -0.3 is 9.15 Å². The number of benzene rings is 1. The van der Waals surface area contributed by atoms with E-state index >= 15 is 0 Å². The van der Waals surface area contributed by atoms with Gasteiger partial charge in [-0.15, -0.1) is 0 Å². The maximum Gasteiger partial charge on any atom is 0.225 e. The van der Waals surface area contributed by atoms with Crippen LogP contribution in [0, 0.1) is 6.92 Å². The van der Waals surface area contributed by atoms with Gasteiger partial charge in [0.25, 0.3) is 0 Å². The highest BCUT2D eigenvalue weighted by Gasteiger charge is 2.15. The van der Waals surface area contributed by atoms with E-state index in [9.17, 15) is 4.79 Å². The average molecular weight is 267 g/mol. The standard InChI is InChI=1S/C16H13NO3/c1-11-15-13(7-8-19-15)14(9-18)16(17-11)20-10-12-5-3-2-4-6-12/h2-9H,10H2,1H3. The second-order valence-electron chi connectivity index (χ2n) is 4.47. The number of aldehydes is 1. The summed E-state index contributed by atoms with van der Waals surface area (Å²) in [6.45, 7) is 2.20. The summed E-state index contributed by atoms with van der Waals surface area (Å²) in [6, 6.07) is 11.5. The lowest BCUT2D eigenvalue weighted by molar-refractivity contribution is 0.111. The molecule has 100 valence electrons. The number of aromatic nitrogens is 1. The molecule has 0 unspecified atom stereocenters. The molecule has 0 aliphatic heterocycles. The number of carbonyl (C=O) groups is 1. The van der Waals surface area contributed by atoms with E-state index in [2.05, 4.69) is 4.98 Å². The van der Waals surface area contributed by atoms with Crippen LogP contribution in [0.1, 0.15) is 21.6 Å². The monoisotopic (exact) mass is 267 g/mol. The van der Waals surface area contributed by atoms with Crippen LogP contribution in [0.4, 0.5) is 0 Å².